The average Bonchev–Trinajstić information content (AvgIpc) is 3.20. The molecule has 6 rings (SSSR count). The molecule has 3 aromatic carbocycles. The van der Waals surface area contributed by atoms with Crippen molar-refractivity contribution in [2.45, 2.75) is 37.9 Å². The monoisotopic (exact) mass is 551 g/mol. The number of nitrogens with zero attached hydrogens (tertiary/aromatic N) is 3. The van der Waals surface area contributed by atoms with Gasteiger partial charge in [-0.2, -0.15) is 5.26 Å². The molecule has 0 spiro atoms. The van der Waals surface area contributed by atoms with Crippen molar-refractivity contribution in [1.29, 1.82) is 5.26 Å². The second-order valence-electron chi connectivity index (χ2n) is 10.6. The molecule has 0 bridgehead atoms. The molecule has 0 radical (unpaired) electrons. The molecular formula is C31H26FN5O4. The number of hydrogen-bond donors (Lipinski definition) is 2. The van der Waals surface area contributed by atoms with Crippen LogP contribution in [0, 0.1) is 17.1 Å². The Labute approximate surface area is 235 Å². The number of halogens is 1. The lowest BCUT2D eigenvalue weighted by Gasteiger charge is -2.39. The molecule has 1 atom stereocenters. The Morgan fingerprint density at radius 2 is 1.78 bits per heavy atom. The van der Waals surface area contributed by atoms with Gasteiger partial charge in [0.05, 0.1) is 22.8 Å². The molecule has 4 amide bonds. The molecule has 0 aromatic heterocycles. The SMILES string of the molecule is N#Cc1ccc(C2CN(Cc3ccc(CNc4cccc5c4C(=O)N(C4CCC(=O)NC4=O)C5=O)cc3F)C2)cc1. The normalized spacial score (nSPS) is 19.0. The van der Waals surface area contributed by atoms with Gasteiger partial charge in [0.25, 0.3) is 11.8 Å². The predicted molar refractivity (Wildman–Crippen MR) is 146 cm³/mol. The summed E-state index contributed by atoms with van der Waals surface area (Å²) in [6.45, 7) is 2.34. The number of likely N-dealkylation sites (tertiary alicyclic amines) is 1. The Morgan fingerprint density at radius 3 is 2.49 bits per heavy atom. The minimum atomic E-state index is -1.04. The van der Waals surface area contributed by atoms with Gasteiger partial charge in [-0.25, -0.2) is 4.39 Å². The lowest BCUT2D eigenvalue weighted by molar-refractivity contribution is -0.136. The number of piperidine rings is 1. The maximum Gasteiger partial charge on any atom is 0.264 e. The number of carbonyl (C=O) groups is 4. The number of rotatable bonds is 7. The molecule has 3 aromatic rings. The number of carbonyl (C=O) groups excluding carboxylic acids is 4. The maximum atomic E-state index is 15.0. The van der Waals surface area contributed by atoms with Crippen LogP contribution in [-0.2, 0) is 22.7 Å². The van der Waals surface area contributed by atoms with Crippen molar-refractivity contribution < 1.29 is 23.6 Å². The first kappa shape index (κ1) is 26.3. The van der Waals surface area contributed by atoms with Crippen molar-refractivity contribution >= 4 is 29.3 Å². The molecule has 1 unspecified atom stereocenters. The van der Waals surface area contributed by atoms with Gasteiger partial charge in [-0.15, -0.1) is 0 Å². The molecule has 9 nitrogen and oxygen atoms in total. The van der Waals surface area contributed by atoms with Crippen molar-refractivity contribution in [1.82, 2.24) is 15.1 Å². The molecule has 206 valence electrons. The van der Waals surface area contributed by atoms with Gasteiger partial charge in [-0.3, -0.25) is 34.3 Å². The van der Waals surface area contributed by atoms with Gasteiger partial charge in [-0.1, -0.05) is 30.3 Å². The number of fused-ring (bicyclic) bond motifs is 1. The van der Waals surface area contributed by atoms with Gasteiger partial charge in [0.2, 0.25) is 11.8 Å². The van der Waals surface area contributed by atoms with E-state index in [0.29, 0.717) is 34.8 Å². The molecular weight excluding hydrogens is 525 g/mol. The van der Waals surface area contributed by atoms with Gasteiger partial charge in [0.15, 0.2) is 0 Å². The van der Waals surface area contributed by atoms with Crippen molar-refractivity contribution in [3.05, 3.63) is 99.9 Å². The van der Waals surface area contributed by atoms with Gasteiger partial charge in [-0.05, 0) is 47.9 Å². The molecule has 0 aliphatic carbocycles. The van der Waals surface area contributed by atoms with E-state index in [-0.39, 0.29) is 36.3 Å². The zero-order chi connectivity index (χ0) is 28.7. The molecule has 41 heavy (non-hydrogen) atoms. The van der Waals surface area contributed by atoms with E-state index < -0.39 is 29.7 Å². The van der Waals surface area contributed by atoms with E-state index in [1.54, 1.807) is 18.2 Å². The highest BCUT2D eigenvalue weighted by Crippen LogP contribution is 2.33. The van der Waals surface area contributed by atoms with Crippen LogP contribution in [0.1, 0.15) is 61.7 Å². The molecule has 2 saturated heterocycles. The molecule has 2 N–H and O–H groups in total. The summed E-state index contributed by atoms with van der Waals surface area (Å²) in [5.41, 5.74) is 3.82. The van der Waals surface area contributed by atoms with E-state index in [2.05, 4.69) is 21.6 Å². The quantitative estimate of drug-likeness (QED) is 0.432. The van der Waals surface area contributed by atoms with Crippen LogP contribution in [0.5, 0.6) is 0 Å². The molecule has 3 heterocycles. The fraction of sp³-hybridized carbons (Fsp3) is 0.258. The van der Waals surface area contributed by atoms with Crippen LogP contribution in [0.4, 0.5) is 10.1 Å². The summed E-state index contributed by atoms with van der Waals surface area (Å²) in [6, 6.07) is 18.5. The number of benzene rings is 3. The molecule has 3 aliphatic rings. The zero-order valence-electron chi connectivity index (χ0n) is 22.0. The van der Waals surface area contributed by atoms with Gasteiger partial charge in [0, 0.05) is 49.8 Å². The summed E-state index contributed by atoms with van der Waals surface area (Å²) in [5.74, 6) is -2.23. The molecule has 3 aliphatic heterocycles. The van der Waals surface area contributed by atoms with E-state index in [4.69, 9.17) is 5.26 Å². The lowest BCUT2D eigenvalue weighted by atomic mass is 9.90. The summed E-state index contributed by atoms with van der Waals surface area (Å²) in [7, 11) is 0. The predicted octanol–water partition coefficient (Wildman–Crippen LogP) is 3.31. The molecule has 10 heteroatoms. The van der Waals surface area contributed by atoms with E-state index in [0.717, 1.165) is 18.0 Å². The van der Waals surface area contributed by atoms with Crippen LogP contribution in [0.15, 0.2) is 60.7 Å². The minimum absolute atomic E-state index is 0.0476. The third kappa shape index (κ3) is 4.96. The third-order valence-electron chi connectivity index (χ3n) is 7.93. The summed E-state index contributed by atoms with van der Waals surface area (Å²) >= 11 is 0. The number of anilines is 1. The lowest BCUT2D eigenvalue weighted by Crippen LogP contribution is -2.54. The van der Waals surface area contributed by atoms with Crippen LogP contribution < -0.4 is 10.6 Å². The highest BCUT2D eigenvalue weighted by atomic mass is 19.1. The third-order valence-corrected chi connectivity index (χ3v) is 7.93. The topological polar surface area (TPSA) is 123 Å². The van der Waals surface area contributed by atoms with Gasteiger partial charge >= 0.3 is 0 Å². The summed E-state index contributed by atoms with van der Waals surface area (Å²) in [4.78, 5) is 53.3. The van der Waals surface area contributed by atoms with E-state index in [9.17, 15) is 19.2 Å². The fourth-order valence-electron chi connectivity index (χ4n) is 5.67. The second-order valence-corrected chi connectivity index (χ2v) is 10.6. The standard InChI is InChI=1S/C31H26FN5O4/c32-24-12-19(6-9-21(24)15-36-16-22(17-36)20-7-4-18(13-33)5-8-20)14-34-25-3-1-2-23-28(25)31(41)37(30(23)40)26-10-11-27(38)35-29(26)39/h1-9,12,22,26,34H,10-11,14-17H2,(H,35,38,39). The molecule has 2 fully saturated rings. The van der Waals surface area contributed by atoms with Crippen LogP contribution in [0.3, 0.4) is 0 Å². The summed E-state index contributed by atoms with van der Waals surface area (Å²) in [5, 5.41) is 14.3. The maximum absolute atomic E-state index is 15.0. The summed E-state index contributed by atoms with van der Waals surface area (Å²) < 4.78 is 15.0. The van der Waals surface area contributed by atoms with Crippen LogP contribution in [-0.4, -0.2) is 52.6 Å². The Kier molecular flexibility index (Phi) is 6.81. The van der Waals surface area contributed by atoms with Crippen molar-refractivity contribution in [2.75, 3.05) is 18.4 Å². The van der Waals surface area contributed by atoms with Crippen LogP contribution >= 0.6 is 0 Å². The van der Waals surface area contributed by atoms with Crippen molar-refractivity contribution in [2.24, 2.45) is 0 Å². The number of nitrogens with one attached hydrogen (secondary N) is 2. The van der Waals surface area contributed by atoms with Gasteiger partial charge in [0.1, 0.15) is 11.9 Å². The second kappa shape index (κ2) is 10.6. The first-order valence-corrected chi connectivity index (χ1v) is 13.4. The Morgan fingerprint density at radius 1 is 1.00 bits per heavy atom. The Balaban J connectivity index is 1.08. The van der Waals surface area contributed by atoms with Crippen LogP contribution in [0.25, 0.3) is 0 Å². The van der Waals surface area contributed by atoms with Crippen LogP contribution in [0.2, 0.25) is 0 Å². The van der Waals surface area contributed by atoms with E-state index in [1.807, 2.05) is 30.3 Å². The largest absolute Gasteiger partial charge is 0.380 e. The smallest absolute Gasteiger partial charge is 0.264 e. The zero-order valence-corrected chi connectivity index (χ0v) is 22.0. The fourth-order valence-corrected chi connectivity index (χ4v) is 5.67. The van der Waals surface area contributed by atoms with Gasteiger partial charge < -0.3 is 5.32 Å². The van der Waals surface area contributed by atoms with E-state index in [1.165, 1.54) is 17.7 Å². The Bertz CT molecular complexity index is 1620. The highest BCUT2D eigenvalue weighted by Gasteiger charge is 2.45. The highest BCUT2D eigenvalue weighted by molar-refractivity contribution is 6.25. The minimum Gasteiger partial charge on any atom is -0.380 e. The van der Waals surface area contributed by atoms with E-state index >= 15 is 4.39 Å². The number of imide groups is 2. The number of hydrogen-bond acceptors (Lipinski definition) is 7. The molecule has 0 saturated carbocycles. The average molecular weight is 552 g/mol. The van der Waals surface area contributed by atoms with Crippen molar-refractivity contribution in [3.8, 4) is 6.07 Å². The Hall–Kier alpha value is -4.88. The van der Waals surface area contributed by atoms with Crippen molar-refractivity contribution in [3.63, 3.8) is 0 Å². The number of nitriles is 1. The first-order valence-electron chi connectivity index (χ1n) is 13.4. The summed E-state index contributed by atoms with van der Waals surface area (Å²) in [6.07, 6.45) is 0.129. The first-order chi connectivity index (χ1) is 19.8. The number of amides is 4.